The van der Waals surface area contributed by atoms with E-state index in [1.54, 1.807) is 18.2 Å². The molecule has 0 heterocycles. The van der Waals surface area contributed by atoms with Crippen LogP contribution in [0.2, 0.25) is 0 Å². The van der Waals surface area contributed by atoms with E-state index in [0.717, 1.165) is 0 Å². The Labute approximate surface area is 156 Å². The largest absolute Gasteiger partial charge is 0.511 e. The number of ketones is 3. The Morgan fingerprint density at radius 1 is 1.07 bits per heavy atom. The number of methoxy groups -OCH3 is 1. The van der Waals surface area contributed by atoms with E-state index in [2.05, 4.69) is 0 Å². The molecule has 5 unspecified atom stereocenters. The second-order valence-corrected chi connectivity index (χ2v) is 7.70. The molecule has 2 saturated carbocycles. The van der Waals surface area contributed by atoms with Gasteiger partial charge in [-0.05, 0) is 43.4 Å². The molecular weight excluding hydrogens is 348 g/mol. The summed E-state index contributed by atoms with van der Waals surface area (Å²) in [5, 5.41) is 21.8. The van der Waals surface area contributed by atoms with E-state index >= 15 is 0 Å². The fraction of sp³-hybridized carbons (Fsp3) is 0.476. The van der Waals surface area contributed by atoms with Crippen molar-refractivity contribution in [1.29, 1.82) is 0 Å². The zero-order chi connectivity index (χ0) is 19.5. The van der Waals surface area contributed by atoms with Crippen LogP contribution >= 0.6 is 0 Å². The molecular formula is C21H22O6. The monoisotopic (exact) mass is 370 g/mol. The van der Waals surface area contributed by atoms with Crippen molar-refractivity contribution in [2.45, 2.75) is 26.2 Å². The topological polar surface area (TPSA) is 101 Å². The minimum atomic E-state index is -1.09. The maximum atomic E-state index is 13.2. The van der Waals surface area contributed by atoms with E-state index in [4.69, 9.17) is 4.74 Å². The van der Waals surface area contributed by atoms with Crippen LogP contribution < -0.4 is 0 Å². The highest BCUT2D eigenvalue weighted by atomic mass is 16.5. The smallest absolute Gasteiger partial charge is 0.156 e. The van der Waals surface area contributed by atoms with Gasteiger partial charge in [-0.15, -0.1) is 0 Å². The van der Waals surface area contributed by atoms with E-state index in [1.807, 2.05) is 0 Å². The van der Waals surface area contributed by atoms with Crippen LogP contribution in [0.5, 0.6) is 0 Å². The van der Waals surface area contributed by atoms with E-state index in [1.165, 1.54) is 14.0 Å². The molecule has 2 N–H and O–H groups in total. The Kier molecular flexibility index (Phi) is 4.09. The van der Waals surface area contributed by atoms with Gasteiger partial charge in [0.2, 0.25) is 0 Å². The third-order valence-electron chi connectivity index (χ3n) is 6.40. The van der Waals surface area contributed by atoms with Gasteiger partial charge >= 0.3 is 0 Å². The number of aliphatic hydroxyl groups excluding tert-OH is 2. The van der Waals surface area contributed by atoms with E-state index in [9.17, 15) is 24.6 Å². The molecule has 0 aromatic rings. The van der Waals surface area contributed by atoms with Crippen LogP contribution in [0.3, 0.4) is 0 Å². The summed E-state index contributed by atoms with van der Waals surface area (Å²) in [5.41, 5.74) is 0.974. The van der Waals surface area contributed by atoms with Crippen LogP contribution in [0.1, 0.15) is 26.2 Å². The van der Waals surface area contributed by atoms with Crippen LogP contribution in [0, 0.1) is 29.6 Å². The quantitative estimate of drug-likeness (QED) is 0.775. The normalized spacial score (nSPS) is 35.3. The van der Waals surface area contributed by atoms with Crippen molar-refractivity contribution in [1.82, 2.24) is 0 Å². The minimum Gasteiger partial charge on any atom is -0.511 e. The number of ether oxygens (including phenoxy) is 1. The first kappa shape index (κ1) is 17.8. The number of Topliss-reactive ketones (excluding diaryl/α,β-unsaturated/α-hetero) is 3. The average molecular weight is 370 g/mol. The predicted octanol–water partition coefficient (Wildman–Crippen LogP) is 2.73. The third kappa shape index (κ3) is 2.42. The summed E-state index contributed by atoms with van der Waals surface area (Å²) in [6, 6.07) is 0. The van der Waals surface area contributed by atoms with Crippen LogP contribution in [0.4, 0.5) is 0 Å². The van der Waals surface area contributed by atoms with Gasteiger partial charge in [0.15, 0.2) is 11.6 Å². The molecule has 0 aromatic heterocycles. The number of hydrogen-bond donors (Lipinski definition) is 2. The standard InChI is InChI=1S/C21H22O6/c1-9(22)10-6-7-11-13(8-10)20(25)16-17(18(11)23)21(26)15-12(19(16)24)4-3-5-14(15)27-2/h3-5,10,12,15-17,23,25H,6-8H2,1-2H3. The van der Waals surface area contributed by atoms with Crippen molar-refractivity contribution >= 4 is 17.3 Å². The molecule has 4 rings (SSSR count). The SMILES string of the molecule is COC1=CC=CC2C(=O)C3C(O)=C4CC(C(C)=O)CCC4=C(O)C3C(=O)C12. The van der Waals surface area contributed by atoms with Crippen molar-refractivity contribution in [2.75, 3.05) is 7.11 Å². The summed E-state index contributed by atoms with van der Waals surface area (Å²) < 4.78 is 5.30. The summed E-state index contributed by atoms with van der Waals surface area (Å²) in [6.45, 7) is 1.51. The molecule has 0 aliphatic heterocycles. The van der Waals surface area contributed by atoms with Gasteiger partial charge < -0.3 is 14.9 Å². The molecule has 2 fully saturated rings. The highest BCUT2D eigenvalue weighted by molar-refractivity contribution is 6.05. The predicted molar refractivity (Wildman–Crippen MR) is 95.5 cm³/mol. The Bertz CT molecular complexity index is 871. The maximum Gasteiger partial charge on any atom is 0.156 e. The first-order valence-corrected chi connectivity index (χ1v) is 9.21. The summed E-state index contributed by atoms with van der Waals surface area (Å²) in [5.74, 6) is -4.40. The Morgan fingerprint density at radius 2 is 1.74 bits per heavy atom. The van der Waals surface area contributed by atoms with E-state index in [0.29, 0.717) is 36.2 Å². The lowest BCUT2D eigenvalue weighted by Gasteiger charge is -2.43. The maximum absolute atomic E-state index is 13.2. The van der Waals surface area contributed by atoms with Gasteiger partial charge in [-0.25, -0.2) is 0 Å². The summed E-state index contributed by atoms with van der Waals surface area (Å²) in [7, 11) is 1.45. The molecule has 27 heavy (non-hydrogen) atoms. The van der Waals surface area contributed by atoms with E-state index < -0.39 is 23.7 Å². The van der Waals surface area contributed by atoms with Crippen molar-refractivity contribution in [3.63, 3.8) is 0 Å². The molecule has 5 atom stereocenters. The van der Waals surface area contributed by atoms with Crippen molar-refractivity contribution in [3.05, 3.63) is 46.7 Å². The van der Waals surface area contributed by atoms with Gasteiger partial charge in [-0.3, -0.25) is 14.4 Å². The number of carbonyl (C=O) groups excluding carboxylic acids is 3. The molecule has 6 heteroatoms. The average Bonchev–Trinajstić information content (AvgIpc) is 2.67. The fourth-order valence-corrected chi connectivity index (χ4v) is 4.95. The lowest BCUT2D eigenvalue weighted by molar-refractivity contribution is -0.145. The Hall–Kier alpha value is -2.63. The summed E-state index contributed by atoms with van der Waals surface area (Å²) in [4.78, 5) is 38.2. The van der Waals surface area contributed by atoms with Crippen LogP contribution in [0.25, 0.3) is 0 Å². The van der Waals surface area contributed by atoms with Crippen LogP contribution in [-0.2, 0) is 19.1 Å². The first-order valence-electron chi connectivity index (χ1n) is 9.21. The molecule has 4 aliphatic rings. The number of aliphatic hydroxyl groups is 2. The second-order valence-electron chi connectivity index (χ2n) is 7.70. The number of carbonyl (C=O) groups is 3. The zero-order valence-electron chi connectivity index (χ0n) is 15.3. The zero-order valence-corrected chi connectivity index (χ0v) is 15.3. The highest BCUT2D eigenvalue weighted by Crippen LogP contribution is 2.51. The molecule has 6 nitrogen and oxygen atoms in total. The lowest BCUT2D eigenvalue weighted by atomic mass is 9.59. The Morgan fingerprint density at radius 3 is 2.41 bits per heavy atom. The third-order valence-corrected chi connectivity index (χ3v) is 6.40. The van der Waals surface area contributed by atoms with Crippen molar-refractivity contribution in [3.8, 4) is 0 Å². The van der Waals surface area contributed by atoms with Gasteiger partial charge in [0.05, 0.1) is 30.8 Å². The fourth-order valence-electron chi connectivity index (χ4n) is 4.95. The molecule has 0 amide bonds. The lowest BCUT2D eigenvalue weighted by Crippen LogP contribution is -2.51. The van der Waals surface area contributed by atoms with Crippen LogP contribution in [-0.4, -0.2) is 34.7 Å². The Balaban J connectivity index is 1.81. The van der Waals surface area contributed by atoms with Crippen LogP contribution in [0.15, 0.2) is 46.7 Å². The summed E-state index contributed by atoms with van der Waals surface area (Å²) in [6.07, 6.45) is 6.23. The molecule has 0 bridgehead atoms. The van der Waals surface area contributed by atoms with Crippen molar-refractivity contribution < 1.29 is 29.3 Å². The van der Waals surface area contributed by atoms with Gasteiger partial charge in [0.1, 0.15) is 23.1 Å². The number of rotatable bonds is 2. The minimum absolute atomic E-state index is 0.0205. The highest BCUT2D eigenvalue weighted by Gasteiger charge is 2.56. The molecule has 0 saturated heterocycles. The first-order chi connectivity index (χ1) is 12.9. The summed E-state index contributed by atoms with van der Waals surface area (Å²) >= 11 is 0. The molecule has 142 valence electrons. The van der Waals surface area contributed by atoms with Crippen molar-refractivity contribution in [2.24, 2.45) is 29.6 Å². The van der Waals surface area contributed by atoms with Gasteiger partial charge in [0.25, 0.3) is 0 Å². The molecule has 0 aromatic carbocycles. The van der Waals surface area contributed by atoms with Gasteiger partial charge in [-0.1, -0.05) is 12.2 Å². The van der Waals surface area contributed by atoms with E-state index in [-0.39, 0.29) is 34.8 Å². The number of fused-ring (bicyclic) bond motifs is 3. The second kappa shape index (κ2) is 6.22. The number of allylic oxidation sites excluding steroid dienone is 8. The van der Waals surface area contributed by atoms with Gasteiger partial charge in [0, 0.05) is 5.92 Å². The molecule has 4 aliphatic carbocycles. The van der Waals surface area contributed by atoms with Gasteiger partial charge in [-0.2, -0.15) is 0 Å². The number of hydrogen-bond acceptors (Lipinski definition) is 6. The molecule has 0 radical (unpaired) electrons. The molecule has 0 spiro atoms.